The van der Waals surface area contributed by atoms with Crippen molar-refractivity contribution in [3.63, 3.8) is 0 Å². The molecule has 2 aromatic rings. The molecular weight excluding hydrogens is 309 g/mol. The standard InChI is InChI=1S/C18H24FN3O2/c1-18(2,3)24-17(23)22-8-7-14(19)13(10-22)12-5-6-15-16(9-12)21(4)11-20-15/h5-6,9,11,13-14H,7-8,10H2,1-4H3. The van der Waals surface area contributed by atoms with Gasteiger partial charge in [0, 0.05) is 26.1 Å². The molecule has 0 aliphatic carbocycles. The summed E-state index contributed by atoms with van der Waals surface area (Å²) in [4.78, 5) is 18.2. The number of carbonyl (C=O) groups is 1. The molecule has 1 saturated heterocycles. The van der Waals surface area contributed by atoms with Crippen molar-refractivity contribution in [3.8, 4) is 0 Å². The van der Waals surface area contributed by atoms with Crippen LogP contribution in [0.5, 0.6) is 0 Å². The summed E-state index contributed by atoms with van der Waals surface area (Å²) in [6.45, 7) is 6.22. The maximum atomic E-state index is 14.5. The van der Waals surface area contributed by atoms with Crippen LogP contribution in [0, 0.1) is 0 Å². The van der Waals surface area contributed by atoms with Gasteiger partial charge in [0.25, 0.3) is 0 Å². The summed E-state index contributed by atoms with van der Waals surface area (Å²) >= 11 is 0. The topological polar surface area (TPSA) is 47.4 Å². The van der Waals surface area contributed by atoms with Crippen LogP contribution in [0.25, 0.3) is 11.0 Å². The Morgan fingerprint density at radius 2 is 2.12 bits per heavy atom. The number of likely N-dealkylation sites (tertiary alicyclic amines) is 1. The van der Waals surface area contributed by atoms with E-state index >= 15 is 0 Å². The van der Waals surface area contributed by atoms with Crippen molar-refractivity contribution < 1.29 is 13.9 Å². The van der Waals surface area contributed by atoms with Crippen molar-refractivity contribution in [2.75, 3.05) is 13.1 Å². The van der Waals surface area contributed by atoms with Crippen molar-refractivity contribution in [1.82, 2.24) is 14.5 Å². The second-order valence-electron chi connectivity index (χ2n) is 7.44. The summed E-state index contributed by atoms with van der Waals surface area (Å²) in [5, 5.41) is 0. The number of benzene rings is 1. The first-order valence-corrected chi connectivity index (χ1v) is 8.27. The van der Waals surface area contributed by atoms with Crippen LogP contribution in [0.3, 0.4) is 0 Å². The predicted molar refractivity (Wildman–Crippen MR) is 90.8 cm³/mol. The summed E-state index contributed by atoms with van der Waals surface area (Å²) in [6.07, 6.45) is 0.734. The highest BCUT2D eigenvalue weighted by Crippen LogP contribution is 2.32. The van der Waals surface area contributed by atoms with E-state index in [4.69, 9.17) is 4.74 Å². The fourth-order valence-electron chi connectivity index (χ4n) is 3.10. The molecule has 0 saturated carbocycles. The lowest BCUT2D eigenvalue weighted by Crippen LogP contribution is -2.45. The van der Waals surface area contributed by atoms with Crippen molar-refractivity contribution in [1.29, 1.82) is 0 Å². The molecule has 6 heteroatoms. The Hall–Kier alpha value is -2.11. The Labute approximate surface area is 141 Å². The number of hydrogen-bond acceptors (Lipinski definition) is 3. The van der Waals surface area contributed by atoms with E-state index in [1.807, 2.05) is 50.6 Å². The number of ether oxygens (including phenoxy) is 1. The molecule has 1 aromatic heterocycles. The van der Waals surface area contributed by atoms with Crippen LogP contribution in [0.2, 0.25) is 0 Å². The molecule has 2 heterocycles. The third kappa shape index (κ3) is 3.37. The van der Waals surface area contributed by atoms with Gasteiger partial charge >= 0.3 is 6.09 Å². The number of hydrogen-bond donors (Lipinski definition) is 0. The Morgan fingerprint density at radius 3 is 2.83 bits per heavy atom. The van der Waals surface area contributed by atoms with E-state index in [1.54, 1.807) is 11.2 Å². The van der Waals surface area contributed by atoms with Crippen molar-refractivity contribution in [3.05, 3.63) is 30.1 Å². The highest BCUT2D eigenvalue weighted by molar-refractivity contribution is 5.76. The van der Waals surface area contributed by atoms with Gasteiger partial charge in [-0.2, -0.15) is 0 Å². The monoisotopic (exact) mass is 333 g/mol. The number of piperidine rings is 1. The van der Waals surface area contributed by atoms with Gasteiger partial charge in [-0.1, -0.05) is 6.07 Å². The van der Waals surface area contributed by atoms with E-state index in [0.29, 0.717) is 19.5 Å². The molecular formula is C18H24FN3O2. The first-order valence-electron chi connectivity index (χ1n) is 8.27. The molecule has 130 valence electrons. The molecule has 1 amide bonds. The van der Waals surface area contributed by atoms with Gasteiger partial charge in [-0.15, -0.1) is 0 Å². The zero-order valence-corrected chi connectivity index (χ0v) is 14.6. The predicted octanol–water partition coefficient (Wildman–Crippen LogP) is 3.64. The minimum Gasteiger partial charge on any atom is -0.444 e. The van der Waals surface area contributed by atoms with Gasteiger partial charge in [-0.05, 0) is 44.9 Å². The number of aromatic nitrogens is 2. The Kier molecular flexibility index (Phi) is 4.24. The maximum absolute atomic E-state index is 14.5. The van der Waals surface area contributed by atoms with Gasteiger partial charge in [0.05, 0.1) is 17.4 Å². The van der Waals surface area contributed by atoms with Crippen molar-refractivity contribution in [2.24, 2.45) is 7.05 Å². The highest BCUT2D eigenvalue weighted by Gasteiger charge is 2.34. The molecule has 0 radical (unpaired) electrons. The molecule has 3 rings (SSSR count). The number of imidazole rings is 1. The SMILES string of the molecule is Cn1cnc2ccc(C3CN(C(=O)OC(C)(C)C)CCC3F)cc21. The van der Waals surface area contributed by atoms with E-state index in [1.165, 1.54) is 0 Å². The van der Waals surface area contributed by atoms with Crippen LogP contribution in [0.4, 0.5) is 9.18 Å². The molecule has 0 spiro atoms. The van der Waals surface area contributed by atoms with Crippen molar-refractivity contribution in [2.45, 2.75) is 44.9 Å². The van der Waals surface area contributed by atoms with Gasteiger partial charge in [0.2, 0.25) is 0 Å². The third-order valence-corrected chi connectivity index (χ3v) is 4.36. The zero-order chi connectivity index (χ0) is 17.5. The minimum atomic E-state index is -0.964. The van der Waals surface area contributed by atoms with E-state index in [9.17, 15) is 9.18 Å². The molecule has 0 N–H and O–H groups in total. The molecule has 1 aromatic carbocycles. The average molecular weight is 333 g/mol. The fraction of sp³-hybridized carbons (Fsp3) is 0.556. The zero-order valence-electron chi connectivity index (χ0n) is 14.6. The summed E-state index contributed by atoms with van der Waals surface area (Å²) in [6, 6.07) is 5.78. The molecule has 1 aliphatic rings. The number of aryl methyl sites for hydroxylation is 1. The molecule has 1 fully saturated rings. The molecule has 2 unspecified atom stereocenters. The summed E-state index contributed by atoms with van der Waals surface area (Å²) in [5.41, 5.74) is 2.20. The third-order valence-electron chi connectivity index (χ3n) is 4.36. The molecule has 0 bridgehead atoms. The second kappa shape index (κ2) is 6.07. The molecule has 1 aliphatic heterocycles. The van der Waals surface area contributed by atoms with Crippen LogP contribution in [0.1, 0.15) is 38.7 Å². The van der Waals surface area contributed by atoms with Gasteiger partial charge in [0.1, 0.15) is 11.8 Å². The van der Waals surface area contributed by atoms with E-state index < -0.39 is 11.8 Å². The number of amides is 1. The number of nitrogens with zero attached hydrogens (tertiary/aromatic N) is 3. The van der Waals surface area contributed by atoms with Gasteiger partial charge in [-0.3, -0.25) is 0 Å². The largest absolute Gasteiger partial charge is 0.444 e. The number of halogens is 1. The summed E-state index contributed by atoms with van der Waals surface area (Å²) in [7, 11) is 1.92. The first kappa shape index (κ1) is 16.7. The van der Waals surface area contributed by atoms with Crippen LogP contribution in [0.15, 0.2) is 24.5 Å². The van der Waals surface area contributed by atoms with Crippen LogP contribution in [-0.4, -0.2) is 45.4 Å². The number of rotatable bonds is 1. The van der Waals surface area contributed by atoms with Crippen LogP contribution in [-0.2, 0) is 11.8 Å². The van der Waals surface area contributed by atoms with E-state index in [0.717, 1.165) is 16.6 Å². The highest BCUT2D eigenvalue weighted by atomic mass is 19.1. The number of fused-ring (bicyclic) bond motifs is 1. The minimum absolute atomic E-state index is 0.327. The number of alkyl halides is 1. The van der Waals surface area contributed by atoms with Gasteiger partial charge in [0.15, 0.2) is 0 Å². The summed E-state index contributed by atoms with van der Waals surface area (Å²) in [5.74, 6) is -0.342. The first-order chi connectivity index (χ1) is 11.2. The smallest absolute Gasteiger partial charge is 0.410 e. The Bertz CT molecular complexity index is 750. The van der Waals surface area contributed by atoms with Crippen LogP contribution < -0.4 is 0 Å². The van der Waals surface area contributed by atoms with Gasteiger partial charge < -0.3 is 14.2 Å². The molecule has 5 nitrogen and oxygen atoms in total. The van der Waals surface area contributed by atoms with Gasteiger partial charge in [-0.25, -0.2) is 14.2 Å². The maximum Gasteiger partial charge on any atom is 0.410 e. The van der Waals surface area contributed by atoms with E-state index in [-0.39, 0.29) is 12.0 Å². The lowest BCUT2D eigenvalue weighted by molar-refractivity contribution is 0.0135. The lowest BCUT2D eigenvalue weighted by Gasteiger charge is -2.36. The fourth-order valence-corrected chi connectivity index (χ4v) is 3.10. The Morgan fingerprint density at radius 1 is 1.38 bits per heavy atom. The quantitative estimate of drug-likeness (QED) is 0.800. The van der Waals surface area contributed by atoms with Crippen LogP contribution >= 0.6 is 0 Å². The molecule has 2 atom stereocenters. The lowest BCUT2D eigenvalue weighted by atomic mass is 9.89. The second-order valence-corrected chi connectivity index (χ2v) is 7.44. The number of carbonyl (C=O) groups excluding carboxylic acids is 1. The average Bonchev–Trinajstić information content (AvgIpc) is 2.87. The van der Waals surface area contributed by atoms with E-state index in [2.05, 4.69) is 4.98 Å². The molecule has 24 heavy (non-hydrogen) atoms. The van der Waals surface area contributed by atoms with Crippen molar-refractivity contribution >= 4 is 17.1 Å². The summed E-state index contributed by atoms with van der Waals surface area (Å²) < 4.78 is 21.9. The normalized spacial score (nSPS) is 22.0. The Balaban J connectivity index is 1.82.